The maximum absolute atomic E-state index is 14.2. The third-order valence-corrected chi connectivity index (χ3v) is 4.19. The fourth-order valence-electron chi connectivity index (χ4n) is 2.63. The molecule has 0 aliphatic heterocycles. The molecule has 2 heterocycles. The van der Waals surface area contributed by atoms with Crippen molar-refractivity contribution in [3.8, 4) is 17.1 Å². The Bertz CT molecular complexity index is 1010. The molecule has 0 spiro atoms. The van der Waals surface area contributed by atoms with E-state index in [-0.39, 0.29) is 34.3 Å². The predicted molar refractivity (Wildman–Crippen MR) is 81.9 cm³/mol. The van der Waals surface area contributed by atoms with E-state index in [1.807, 2.05) is 0 Å². The quantitative estimate of drug-likeness (QED) is 0.728. The zero-order valence-electron chi connectivity index (χ0n) is 13.1. The topological polar surface area (TPSA) is 60.9 Å². The summed E-state index contributed by atoms with van der Waals surface area (Å²) in [6.45, 7) is 1.30. The van der Waals surface area contributed by atoms with Crippen LogP contribution in [0, 0.1) is 24.4 Å². The summed E-state index contributed by atoms with van der Waals surface area (Å²) in [5.74, 6) is -2.32. The van der Waals surface area contributed by atoms with Gasteiger partial charge in [-0.1, -0.05) is 0 Å². The highest BCUT2D eigenvalue weighted by Crippen LogP contribution is 2.39. The molecule has 0 unspecified atom stereocenters. The first-order valence-electron chi connectivity index (χ1n) is 7.64. The smallest absolute Gasteiger partial charge is 0.353 e. The number of hydrogen-bond donors (Lipinski definition) is 0. The van der Waals surface area contributed by atoms with Gasteiger partial charge in [0.05, 0.1) is 11.9 Å². The number of oxazole rings is 1. The number of rotatable bonds is 3. The van der Waals surface area contributed by atoms with E-state index in [1.54, 1.807) is 0 Å². The summed E-state index contributed by atoms with van der Waals surface area (Å²) >= 11 is 0. The molecule has 5 nitrogen and oxygen atoms in total. The van der Waals surface area contributed by atoms with Gasteiger partial charge in [-0.3, -0.25) is 0 Å². The number of halogens is 3. The van der Waals surface area contributed by atoms with Crippen LogP contribution in [0.5, 0.6) is 0 Å². The van der Waals surface area contributed by atoms with E-state index >= 15 is 0 Å². The summed E-state index contributed by atoms with van der Waals surface area (Å²) in [6.07, 6.45) is 3.58. The molecule has 0 bridgehead atoms. The average Bonchev–Trinajstić information content (AvgIpc) is 3.30. The summed E-state index contributed by atoms with van der Waals surface area (Å²) in [4.78, 5) is 19.9. The van der Waals surface area contributed by atoms with Gasteiger partial charge in [0.2, 0.25) is 0 Å². The van der Waals surface area contributed by atoms with Crippen molar-refractivity contribution < 1.29 is 17.6 Å². The lowest BCUT2D eigenvalue weighted by molar-refractivity contribution is 0.555. The van der Waals surface area contributed by atoms with Crippen LogP contribution in [0.3, 0.4) is 0 Å². The second-order valence-corrected chi connectivity index (χ2v) is 5.97. The SMILES string of the molecule is Cc1c(F)cc(-c2ocnc2-n2cc(F)c(C3CC3)nc2=O)cc1F. The van der Waals surface area contributed by atoms with E-state index in [0.29, 0.717) is 0 Å². The van der Waals surface area contributed by atoms with Gasteiger partial charge in [-0.25, -0.2) is 22.5 Å². The molecule has 0 radical (unpaired) electrons. The van der Waals surface area contributed by atoms with Gasteiger partial charge in [-0.05, 0) is 31.9 Å². The lowest BCUT2D eigenvalue weighted by Crippen LogP contribution is -2.24. The van der Waals surface area contributed by atoms with Crippen LogP contribution in [0.2, 0.25) is 0 Å². The van der Waals surface area contributed by atoms with E-state index in [1.165, 1.54) is 6.92 Å². The van der Waals surface area contributed by atoms with Crippen molar-refractivity contribution in [3.05, 3.63) is 63.9 Å². The van der Waals surface area contributed by atoms with Crippen molar-refractivity contribution in [3.63, 3.8) is 0 Å². The van der Waals surface area contributed by atoms with Crippen LogP contribution in [-0.4, -0.2) is 14.5 Å². The van der Waals surface area contributed by atoms with E-state index in [2.05, 4.69) is 9.97 Å². The molecule has 1 aliphatic rings. The fourth-order valence-corrected chi connectivity index (χ4v) is 2.63. The van der Waals surface area contributed by atoms with E-state index in [4.69, 9.17) is 4.42 Å². The molecule has 2 aromatic heterocycles. The van der Waals surface area contributed by atoms with Crippen LogP contribution < -0.4 is 5.69 Å². The third kappa shape index (κ3) is 2.63. The molecule has 1 fully saturated rings. The molecule has 0 N–H and O–H groups in total. The molecule has 128 valence electrons. The van der Waals surface area contributed by atoms with E-state index in [0.717, 1.165) is 42.1 Å². The fraction of sp³-hybridized carbons (Fsp3) is 0.235. The van der Waals surface area contributed by atoms with Gasteiger partial charge in [0.15, 0.2) is 23.8 Å². The lowest BCUT2D eigenvalue weighted by Gasteiger charge is -2.07. The summed E-state index contributed by atoms with van der Waals surface area (Å²) in [6, 6.07) is 2.13. The normalized spacial score (nSPS) is 14.1. The van der Waals surface area contributed by atoms with Crippen molar-refractivity contribution in [1.82, 2.24) is 14.5 Å². The maximum atomic E-state index is 14.2. The molecular weight excluding hydrogens is 335 g/mol. The molecule has 4 rings (SSSR count). The van der Waals surface area contributed by atoms with E-state index < -0.39 is 23.1 Å². The largest absolute Gasteiger partial charge is 0.441 e. The molecule has 1 aromatic carbocycles. The Morgan fingerprint density at radius 1 is 1.16 bits per heavy atom. The highest BCUT2D eigenvalue weighted by atomic mass is 19.1. The Kier molecular flexibility index (Phi) is 3.48. The zero-order valence-corrected chi connectivity index (χ0v) is 13.1. The van der Waals surface area contributed by atoms with Crippen LogP contribution in [0.1, 0.15) is 30.0 Å². The van der Waals surface area contributed by atoms with E-state index in [9.17, 15) is 18.0 Å². The van der Waals surface area contributed by atoms with Crippen molar-refractivity contribution in [2.45, 2.75) is 25.7 Å². The Morgan fingerprint density at radius 3 is 2.48 bits per heavy atom. The first kappa shape index (κ1) is 15.6. The molecule has 8 heteroatoms. The van der Waals surface area contributed by atoms with Crippen molar-refractivity contribution >= 4 is 0 Å². The molecule has 0 amide bonds. The Morgan fingerprint density at radius 2 is 1.84 bits per heavy atom. The monoisotopic (exact) mass is 347 g/mol. The molecule has 3 aromatic rings. The van der Waals surface area contributed by atoms with Crippen LogP contribution in [0.4, 0.5) is 13.2 Å². The average molecular weight is 347 g/mol. The zero-order chi connectivity index (χ0) is 17.7. The molecule has 1 aliphatic carbocycles. The van der Waals surface area contributed by atoms with Gasteiger partial charge in [0.1, 0.15) is 11.6 Å². The molecule has 1 saturated carbocycles. The van der Waals surface area contributed by atoms with Crippen LogP contribution in [0.25, 0.3) is 17.1 Å². The predicted octanol–water partition coefficient (Wildman–Crippen LogP) is 3.49. The minimum absolute atomic E-state index is 0.0283. The second-order valence-electron chi connectivity index (χ2n) is 5.97. The molecule has 25 heavy (non-hydrogen) atoms. The number of benzene rings is 1. The molecule has 0 saturated heterocycles. The van der Waals surface area contributed by atoms with Gasteiger partial charge in [0, 0.05) is 17.0 Å². The van der Waals surface area contributed by atoms with Gasteiger partial charge in [-0.15, -0.1) is 0 Å². The van der Waals surface area contributed by atoms with Gasteiger partial charge in [0.25, 0.3) is 0 Å². The Hall–Kier alpha value is -2.90. The molecular formula is C17H12F3N3O2. The summed E-state index contributed by atoms with van der Waals surface area (Å²) in [7, 11) is 0. The highest BCUT2D eigenvalue weighted by molar-refractivity contribution is 5.65. The van der Waals surface area contributed by atoms with Crippen molar-refractivity contribution in [2.75, 3.05) is 0 Å². The van der Waals surface area contributed by atoms with Crippen molar-refractivity contribution in [2.24, 2.45) is 0 Å². The second kappa shape index (κ2) is 5.58. The van der Waals surface area contributed by atoms with Crippen molar-refractivity contribution in [1.29, 1.82) is 0 Å². The highest BCUT2D eigenvalue weighted by Gasteiger charge is 2.29. The first-order chi connectivity index (χ1) is 12.0. The summed E-state index contributed by atoms with van der Waals surface area (Å²) in [5.41, 5.74) is -0.680. The summed E-state index contributed by atoms with van der Waals surface area (Å²) < 4.78 is 47.9. The Balaban J connectivity index is 1.86. The minimum Gasteiger partial charge on any atom is -0.441 e. The van der Waals surface area contributed by atoms with Crippen LogP contribution in [-0.2, 0) is 0 Å². The standard InChI is InChI=1S/C17H12F3N3O2/c1-8-11(18)4-10(5-12(8)19)15-16(21-7-25-15)23-6-13(20)14(9-2-3-9)22-17(23)24/h4-7,9H,2-3H2,1H3. The number of nitrogens with zero attached hydrogens (tertiary/aromatic N) is 3. The van der Waals surface area contributed by atoms with Crippen LogP contribution in [0.15, 0.2) is 33.9 Å². The lowest BCUT2D eigenvalue weighted by atomic mass is 10.1. The van der Waals surface area contributed by atoms with Gasteiger partial charge >= 0.3 is 5.69 Å². The number of aromatic nitrogens is 3. The first-order valence-corrected chi connectivity index (χ1v) is 7.64. The minimum atomic E-state index is -0.766. The third-order valence-electron chi connectivity index (χ3n) is 4.19. The number of hydrogen-bond acceptors (Lipinski definition) is 4. The van der Waals surface area contributed by atoms with Gasteiger partial charge < -0.3 is 4.42 Å². The molecule has 0 atom stereocenters. The summed E-state index contributed by atoms with van der Waals surface area (Å²) in [5, 5.41) is 0. The van der Waals surface area contributed by atoms with Gasteiger partial charge in [-0.2, -0.15) is 9.97 Å². The Labute approximate surface area is 139 Å². The maximum Gasteiger partial charge on any atom is 0.353 e. The van der Waals surface area contributed by atoms with Crippen LogP contribution >= 0.6 is 0 Å².